The highest BCUT2D eigenvalue weighted by Crippen LogP contribution is 2.27. The quantitative estimate of drug-likeness (QED) is 0.787. The minimum absolute atomic E-state index is 0.377. The van der Waals surface area contributed by atoms with Crippen molar-refractivity contribution in [1.82, 2.24) is 15.1 Å². The molecule has 6 heteroatoms. The normalized spacial score (nSPS) is 19.8. The van der Waals surface area contributed by atoms with Gasteiger partial charge in [-0.2, -0.15) is 5.10 Å². The molecule has 4 rings (SSSR count). The third-order valence-electron chi connectivity index (χ3n) is 5.75. The molecule has 2 aliphatic rings. The first kappa shape index (κ1) is 18.0. The summed E-state index contributed by atoms with van der Waals surface area (Å²) in [6, 6.07) is 8.34. The molecule has 1 amide bonds. The number of benzene rings is 1. The molecule has 1 atom stereocenters. The van der Waals surface area contributed by atoms with Crippen molar-refractivity contribution in [3.05, 3.63) is 47.3 Å². The second kappa shape index (κ2) is 8.13. The van der Waals surface area contributed by atoms with E-state index in [0.717, 1.165) is 43.9 Å². The molecule has 0 unspecified atom stereocenters. The Morgan fingerprint density at radius 3 is 2.89 bits per heavy atom. The molecule has 3 N–H and O–H groups in total. The second-order valence-corrected chi connectivity index (χ2v) is 7.72. The van der Waals surface area contributed by atoms with Crippen molar-refractivity contribution in [1.29, 1.82) is 0 Å². The summed E-state index contributed by atoms with van der Waals surface area (Å²) in [6.45, 7) is 2.55. The maximum absolute atomic E-state index is 11.4. The first-order chi connectivity index (χ1) is 13.2. The van der Waals surface area contributed by atoms with Gasteiger partial charge in [-0.25, -0.2) is 0 Å². The van der Waals surface area contributed by atoms with Crippen LogP contribution in [0.1, 0.15) is 53.7 Å². The summed E-state index contributed by atoms with van der Waals surface area (Å²) in [7, 11) is 0. The van der Waals surface area contributed by atoms with Crippen LogP contribution in [-0.4, -0.2) is 28.3 Å². The predicted molar refractivity (Wildman–Crippen MR) is 104 cm³/mol. The van der Waals surface area contributed by atoms with Crippen LogP contribution in [0.2, 0.25) is 0 Å². The molecule has 0 saturated heterocycles. The monoisotopic (exact) mass is 368 g/mol. The van der Waals surface area contributed by atoms with E-state index in [4.69, 9.17) is 10.5 Å². The molecule has 2 heterocycles. The Labute approximate surface area is 160 Å². The van der Waals surface area contributed by atoms with Gasteiger partial charge < -0.3 is 15.8 Å². The average Bonchev–Trinajstić information content (AvgIpc) is 3.32. The first-order valence-corrected chi connectivity index (χ1v) is 10.0. The number of nitrogens with two attached hydrogens (primary N) is 1. The molecular weight excluding hydrogens is 340 g/mol. The molecule has 6 nitrogen and oxygen atoms in total. The number of nitrogens with zero attached hydrogens (tertiary/aromatic N) is 2. The minimum atomic E-state index is -0.383. The van der Waals surface area contributed by atoms with E-state index >= 15 is 0 Å². The molecule has 1 aliphatic carbocycles. The highest BCUT2D eigenvalue weighted by Gasteiger charge is 2.23. The Morgan fingerprint density at radius 2 is 2.07 bits per heavy atom. The average molecular weight is 368 g/mol. The molecular formula is C21H28N4O2. The molecule has 1 aromatic heterocycles. The topological polar surface area (TPSA) is 82.2 Å². The molecule has 1 aliphatic heterocycles. The van der Waals surface area contributed by atoms with E-state index in [1.807, 2.05) is 10.7 Å². The fourth-order valence-corrected chi connectivity index (χ4v) is 4.24. The lowest BCUT2D eigenvalue weighted by Gasteiger charge is -2.24. The van der Waals surface area contributed by atoms with Crippen LogP contribution in [0.3, 0.4) is 0 Å². The van der Waals surface area contributed by atoms with Crippen molar-refractivity contribution in [2.45, 2.75) is 57.7 Å². The van der Waals surface area contributed by atoms with Crippen LogP contribution < -0.4 is 15.8 Å². The first-order valence-electron chi connectivity index (χ1n) is 10.0. The van der Waals surface area contributed by atoms with Crippen LogP contribution in [0.4, 0.5) is 0 Å². The number of carbonyl (C=O) groups excluding carboxylic acids is 1. The predicted octanol–water partition coefficient (Wildman–Crippen LogP) is 2.66. The highest BCUT2D eigenvalue weighted by atomic mass is 16.5. The molecule has 1 saturated carbocycles. The van der Waals surface area contributed by atoms with Gasteiger partial charge in [-0.1, -0.05) is 18.2 Å². The van der Waals surface area contributed by atoms with Crippen molar-refractivity contribution in [2.24, 2.45) is 11.7 Å². The fourth-order valence-electron chi connectivity index (χ4n) is 4.24. The minimum Gasteiger partial charge on any atom is -0.490 e. The lowest BCUT2D eigenvalue weighted by Crippen LogP contribution is -2.31. The Hall–Kier alpha value is -2.34. The van der Waals surface area contributed by atoms with Crippen LogP contribution in [0.25, 0.3) is 0 Å². The molecule has 144 valence electrons. The number of primary amides is 1. The summed E-state index contributed by atoms with van der Waals surface area (Å²) in [5, 5.41) is 7.92. The van der Waals surface area contributed by atoms with E-state index < -0.39 is 0 Å². The Morgan fingerprint density at radius 1 is 1.26 bits per heavy atom. The fraction of sp³-hybridized carbons (Fsp3) is 0.524. The second-order valence-electron chi connectivity index (χ2n) is 7.72. The third-order valence-corrected chi connectivity index (χ3v) is 5.75. The van der Waals surface area contributed by atoms with Crippen LogP contribution in [0.15, 0.2) is 30.5 Å². The molecule has 1 fully saturated rings. The van der Waals surface area contributed by atoms with Crippen LogP contribution in [-0.2, 0) is 19.5 Å². The molecule has 2 aromatic rings. The van der Waals surface area contributed by atoms with Crippen molar-refractivity contribution in [3.63, 3.8) is 0 Å². The van der Waals surface area contributed by atoms with Crippen molar-refractivity contribution < 1.29 is 9.53 Å². The summed E-state index contributed by atoms with van der Waals surface area (Å²) >= 11 is 0. The largest absolute Gasteiger partial charge is 0.490 e. The zero-order valence-corrected chi connectivity index (χ0v) is 15.7. The number of hydrogen-bond acceptors (Lipinski definition) is 4. The zero-order valence-electron chi connectivity index (χ0n) is 15.7. The van der Waals surface area contributed by atoms with Gasteiger partial charge in [0.05, 0.1) is 23.6 Å². The van der Waals surface area contributed by atoms with Crippen LogP contribution in [0.5, 0.6) is 5.75 Å². The molecule has 0 radical (unpaired) electrons. The van der Waals surface area contributed by atoms with E-state index in [2.05, 4.69) is 28.6 Å². The SMILES string of the molecule is NC(=O)c1cnn2c1CC[C@H](CNCc1ccccc1OC1CCCC1)C2. The van der Waals surface area contributed by atoms with E-state index in [1.54, 1.807) is 6.20 Å². The summed E-state index contributed by atoms with van der Waals surface area (Å²) in [4.78, 5) is 11.4. The number of aromatic nitrogens is 2. The summed E-state index contributed by atoms with van der Waals surface area (Å²) in [5.41, 5.74) is 8.19. The Balaban J connectivity index is 1.31. The summed E-state index contributed by atoms with van der Waals surface area (Å²) in [6.07, 6.45) is 8.77. The van der Waals surface area contributed by atoms with Crippen molar-refractivity contribution in [3.8, 4) is 5.75 Å². The smallest absolute Gasteiger partial charge is 0.252 e. The summed E-state index contributed by atoms with van der Waals surface area (Å²) in [5.74, 6) is 1.13. The molecule has 1 aromatic carbocycles. The maximum atomic E-state index is 11.4. The Kier molecular flexibility index (Phi) is 5.43. The van der Waals surface area contributed by atoms with E-state index in [0.29, 0.717) is 17.6 Å². The van der Waals surface area contributed by atoms with Gasteiger partial charge in [0.15, 0.2) is 0 Å². The Bertz CT molecular complexity index is 795. The number of carbonyl (C=O) groups is 1. The van der Waals surface area contributed by atoms with Gasteiger partial charge in [-0.15, -0.1) is 0 Å². The number of fused-ring (bicyclic) bond motifs is 1. The third kappa shape index (κ3) is 4.16. The number of para-hydroxylation sites is 1. The van der Waals surface area contributed by atoms with Crippen LogP contribution >= 0.6 is 0 Å². The van der Waals surface area contributed by atoms with Gasteiger partial charge in [0.1, 0.15) is 5.75 Å². The number of amides is 1. The number of rotatable bonds is 7. The maximum Gasteiger partial charge on any atom is 0.252 e. The number of hydrogen-bond donors (Lipinski definition) is 2. The lowest BCUT2D eigenvalue weighted by atomic mass is 9.96. The van der Waals surface area contributed by atoms with Crippen molar-refractivity contribution >= 4 is 5.91 Å². The van der Waals surface area contributed by atoms with Gasteiger partial charge in [-0.05, 0) is 50.5 Å². The van der Waals surface area contributed by atoms with Crippen molar-refractivity contribution in [2.75, 3.05) is 6.54 Å². The van der Waals surface area contributed by atoms with E-state index in [1.165, 1.54) is 31.2 Å². The van der Waals surface area contributed by atoms with Gasteiger partial charge in [0.2, 0.25) is 0 Å². The molecule has 0 bridgehead atoms. The number of nitrogens with one attached hydrogen (secondary N) is 1. The molecule has 0 spiro atoms. The van der Waals surface area contributed by atoms with Gasteiger partial charge >= 0.3 is 0 Å². The summed E-state index contributed by atoms with van der Waals surface area (Å²) < 4.78 is 8.16. The van der Waals surface area contributed by atoms with E-state index in [-0.39, 0.29) is 5.91 Å². The molecule has 27 heavy (non-hydrogen) atoms. The zero-order chi connectivity index (χ0) is 18.6. The van der Waals surface area contributed by atoms with E-state index in [9.17, 15) is 4.79 Å². The van der Waals surface area contributed by atoms with Gasteiger partial charge in [-0.3, -0.25) is 9.48 Å². The standard InChI is InChI=1S/C21H28N4O2/c22-21(26)18-13-24-25-14-15(9-10-19(18)25)11-23-12-16-5-1-4-8-20(16)27-17-6-2-3-7-17/h1,4-5,8,13,15,17,23H,2-3,6-7,9-12,14H2,(H2,22,26)/t15-/m1/s1. The lowest BCUT2D eigenvalue weighted by molar-refractivity contribution is 0.0998. The van der Waals surface area contributed by atoms with Gasteiger partial charge in [0.25, 0.3) is 5.91 Å². The van der Waals surface area contributed by atoms with Crippen LogP contribution in [0, 0.1) is 5.92 Å². The van der Waals surface area contributed by atoms with Gasteiger partial charge in [0, 0.05) is 25.2 Å². The highest BCUT2D eigenvalue weighted by molar-refractivity contribution is 5.93. The number of ether oxygens (including phenoxy) is 1.